The Kier molecular flexibility index (Phi) is 5.09. The average molecular weight is 394 g/mol. The molecule has 0 unspecified atom stereocenters. The molecule has 0 aliphatic rings. The van der Waals surface area contributed by atoms with Crippen molar-refractivity contribution in [1.82, 2.24) is 19.3 Å². The van der Waals surface area contributed by atoms with E-state index in [1.54, 1.807) is 6.33 Å². The maximum absolute atomic E-state index is 12.5. The van der Waals surface area contributed by atoms with Gasteiger partial charge in [-0.25, -0.2) is 0 Å². The Bertz CT molecular complexity index is 1140. The third-order valence-electron chi connectivity index (χ3n) is 4.80. The van der Waals surface area contributed by atoms with Crippen molar-refractivity contribution < 1.29 is 4.79 Å². The monoisotopic (exact) mass is 393 g/mol. The Morgan fingerprint density at radius 3 is 2.71 bits per heavy atom. The first-order valence-corrected chi connectivity index (χ1v) is 10.4. The summed E-state index contributed by atoms with van der Waals surface area (Å²) in [4.78, 5) is 12.5. The van der Waals surface area contributed by atoms with Crippen molar-refractivity contribution in [2.45, 2.75) is 38.5 Å². The van der Waals surface area contributed by atoms with Gasteiger partial charge < -0.3 is 14.5 Å². The number of benzene rings is 2. The maximum Gasteiger partial charge on any atom is 0.234 e. The van der Waals surface area contributed by atoms with Crippen LogP contribution in [0.1, 0.15) is 26.8 Å². The number of amides is 1. The lowest BCUT2D eigenvalue weighted by atomic mass is 10.1. The topological polar surface area (TPSA) is 64.7 Å². The lowest BCUT2D eigenvalue weighted by molar-refractivity contribution is -0.113. The van der Waals surface area contributed by atoms with E-state index < -0.39 is 0 Å². The number of anilines is 1. The van der Waals surface area contributed by atoms with Gasteiger partial charge in [-0.05, 0) is 45.0 Å². The lowest BCUT2D eigenvalue weighted by Gasteiger charge is -2.09. The van der Waals surface area contributed by atoms with Crippen molar-refractivity contribution >= 4 is 45.2 Å². The smallest absolute Gasteiger partial charge is 0.234 e. The molecule has 6 nitrogen and oxygen atoms in total. The number of thioether (sulfide) groups is 1. The Labute approximate surface area is 167 Å². The van der Waals surface area contributed by atoms with E-state index in [-0.39, 0.29) is 11.9 Å². The molecule has 1 N–H and O–H groups in total. The van der Waals surface area contributed by atoms with Crippen LogP contribution in [-0.4, -0.2) is 31.0 Å². The summed E-state index contributed by atoms with van der Waals surface area (Å²) in [6, 6.07) is 14.7. The van der Waals surface area contributed by atoms with Crippen LogP contribution < -0.4 is 5.32 Å². The molecule has 0 saturated carbocycles. The van der Waals surface area contributed by atoms with Crippen molar-refractivity contribution in [3.05, 3.63) is 48.8 Å². The maximum atomic E-state index is 12.5. The summed E-state index contributed by atoms with van der Waals surface area (Å²) in [7, 11) is 0. The summed E-state index contributed by atoms with van der Waals surface area (Å²) in [5.41, 5.74) is 3.20. The van der Waals surface area contributed by atoms with Crippen molar-refractivity contribution in [1.29, 1.82) is 0 Å². The second-order valence-corrected chi connectivity index (χ2v) is 7.89. The van der Waals surface area contributed by atoms with Crippen LogP contribution in [0.5, 0.6) is 0 Å². The average Bonchev–Trinajstić information content (AvgIpc) is 3.28. The van der Waals surface area contributed by atoms with Crippen LogP contribution in [0.4, 0.5) is 5.69 Å². The summed E-state index contributed by atoms with van der Waals surface area (Å²) in [6.45, 7) is 7.18. The highest BCUT2D eigenvalue weighted by molar-refractivity contribution is 7.99. The zero-order chi connectivity index (χ0) is 19.7. The Hall–Kier alpha value is -2.80. The van der Waals surface area contributed by atoms with E-state index in [4.69, 9.17) is 0 Å². The molecule has 0 spiro atoms. The van der Waals surface area contributed by atoms with E-state index in [1.807, 2.05) is 10.6 Å². The standard InChI is InChI=1S/C21H23N5OS/c1-4-25-18-8-6-5-7-16(18)17-11-15(9-10-19(17)25)23-20(27)12-28-21-24-22-13-26(21)14(2)3/h5-11,13-14H,4,12H2,1-3H3,(H,23,27). The van der Waals surface area contributed by atoms with Crippen molar-refractivity contribution in [3.8, 4) is 0 Å². The third kappa shape index (κ3) is 3.38. The summed E-state index contributed by atoms with van der Waals surface area (Å²) in [5, 5.41) is 14.2. The van der Waals surface area contributed by atoms with Gasteiger partial charge in [0, 0.05) is 40.1 Å². The van der Waals surface area contributed by atoms with Crippen molar-refractivity contribution in [2.24, 2.45) is 0 Å². The number of nitrogens with zero attached hydrogens (tertiary/aromatic N) is 4. The first-order chi connectivity index (χ1) is 13.6. The molecule has 2 aromatic carbocycles. The molecule has 0 aliphatic carbocycles. The van der Waals surface area contributed by atoms with E-state index in [2.05, 4.69) is 77.3 Å². The van der Waals surface area contributed by atoms with E-state index in [0.717, 1.165) is 22.8 Å². The minimum atomic E-state index is -0.0538. The van der Waals surface area contributed by atoms with Gasteiger partial charge in [0.15, 0.2) is 5.16 Å². The number of fused-ring (bicyclic) bond motifs is 3. The number of para-hydroxylation sites is 1. The predicted molar refractivity (Wildman–Crippen MR) is 115 cm³/mol. The third-order valence-corrected chi connectivity index (χ3v) is 5.76. The minimum Gasteiger partial charge on any atom is -0.341 e. The summed E-state index contributed by atoms with van der Waals surface area (Å²) >= 11 is 1.40. The molecule has 28 heavy (non-hydrogen) atoms. The molecule has 0 radical (unpaired) electrons. The number of nitrogens with one attached hydrogen (secondary N) is 1. The molecule has 2 heterocycles. The number of carbonyl (C=O) groups excluding carboxylic acids is 1. The SMILES string of the molecule is CCn1c2ccccc2c2cc(NC(=O)CSc3nncn3C(C)C)ccc21. The van der Waals surface area contributed by atoms with Gasteiger partial charge in [-0.2, -0.15) is 0 Å². The largest absolute Gasteiger partial charge is 0.341 e. The molecule has 2 aromatic heterocycles. The molecule has 0 bridgehead atoms. The normalized spacial score (nSPS) is 11.6. The molecule has 0 aliphatic heterocycles. The summed E-state index contributed by atoms with van der Waals surface area (Å²) in [5.74, 6) is 0.238. The highest BCUT2D eigenvalue weighted by Gasteiger charge is 2.13. The van der Waals surface area contributed by atoms with Gasteiger partial charge >= 0.3 is 0 Å². The van der Waals surface area contributed by atoms with Crippen LogP contribution in [0.2, 0.25) is 0 Å². The zero-order valence-corrected chi connectivity index (χ0v) is 17.0. The zero-order valence-electron chi connectivity index (χ0n) is 16.2. The molecule has 144 valence electrons. The summed E-state index contributed by atoms with van der Waals surface area (Å²) < 4.78 is 4.26. The number of aromatic nitrogens is 4. The van der Waals surface area contributed by atoms with Gasteiger partial charge in [-0.1, -0.05) is 30.0 Å². The van der Waals surface area contributed by atoms with Gasteiger partial charge in [0.1, 0.15) is 6.33 Å². The number of aryl methyl sites for hydroxylation is 1. The Morgan fingerprint density at radius 1 is 1.14 bits per heavy atom. The lowest BCUT2D eigenvalue weighted by Crippen LogP contribution is -2.14. The van der Waals surface area contributed by atoms with Gasteiger partial charge in [-0.3, -0.25) is 4.79 Å². The van der Waals surface area contributed by atoms with Gasteiger partial charge in [0.2, 0.25) is 5.91 Å². The fourth-order valence-corrected chi connectivity index (χ4v) is 4.33. The van der Waals surface area contributed by atoms with Gasteiger partial charge in [0.25, 0.3) is 0 Å². The van der Waals surface area contributed by atoms with Crippen LogP contribution in [-0.2, 0) is 11.3 Å². The van der Waals surface area contributed by atoms with E-state index >= 15 is 0 Å². The number of rotatable bonds is 6. The van der Waals surface area contributed by atoms with Crippen LogP contribution in [0.15, 0.2) is 53.9 Å². The summed E-state index contributed by atoms with van der Waals surface area (Å²) in [6.07, 6.45) is 1.70. The Balaban J connectivity index is 1.54. The fraction of sp³-hybridized carbons (Fsp3) is 0.286. The molecule has 0 fully saturated rings. The highest BCUT2D eigenvalue weighted by atomic mass is 32.2. The van der Waals surface area contributed by atoms with E-state index in [9.17, 15) is 4.79 Å². The van der Waals surface area contributed by atoms with Gasteiger partial charge in [0.05, 0.1) is 5.75 Å². The van der Waals surface area contributed by atoms with Gasteiger partial charge in [-0.15, -0.1) is 10.2 Å². The molecule has 4 rings (SSSR count). The molecule has 0 atom stereocenters. The predicted octanol–water partition coefficient (Wildman–Crippen LogP) is 4.72. The first kappa shape index (κ1) is 18.6. The van der Waals surface area contributed by atoms with Crippen LogP contribution in [0.3, 0.4) is 0 Å². The molecular formula is C21H23N5OS. The van der Waals surface area contributed by atoms with Crippen LogP contribution >= 0.6 is 11.8 Å². The van der Waals surface area contributed by atoms with Crippen LogP contribution in [0, 0.1) is 0 Å². The molecule has 1 amide bonds. The number of hydrogen-bond acceptors (Lipinski definition) is 4. The number of hydrogen-bond donors (Lipinski definition) is 1. The second kappa shape index (κ2) is 7.67. The minimum absolute atomic E-state index is 0.0538. The Morgan fingerprint density at radius 2 is 1.93 bits per heavy atom. The molecular weight excluding hydrogens is 370 g/mol. The molecule has 7 heteroatoms. The number of carbonyl (C=O) groups is 1. The van der Waals surface area contributed by atoms with Crippen molar-refractivity contribution in [2.75, 3.05) is 11.1 Å². The highest BCUT2D eigenvalue weighted by Crippen LogP contribution is 2.31. The molecule has 0 saturated heterocycles. The van der Waals surface area contributed by atoms with E-state index in [1.165, 1.54) is 28.2 Å². The van der Waals surface area contributed by atoms with Crippen molar-refractivity contribution in [3.63, 3.8) is 0 Å². The quantitative estimate of drug-likeness (QED) is 0.482. The van der Waals surface area contributed by atoms with Crippen LogP contribution in [0.25, 0.3) is 21.8 Å². The fourth-order valence-electron chi connectivity index (χ4n) is 3.49. The molecule has 4 aromatic rings. The van der Waals surface area contributed by atoms with E-state index in [0.29, 0.717) is 5.75 Å². The first-order valence-electron chi connectivity index (χ1n) is 9.41. The second-order valence-electron chi connectivity index (χ2n) is 6.94.